The van der Waals surface area contributed by atoms with Crippen molar-refractivity contribution in [1.29, 1.82) is 0 Å². The van der Waals surface area contributed by atoms with Crippen LogP contribution in [0.5, 0.6) is 0 Å². The van der Waals surface area contributed by atoms with Crippen LogP contribution in [0.3, 0.4) is 0 Å². The van der Waals surface area contributed by atoms with Gasteiger partial charge in [0.15, 0.2) is 0 Å². The highest BCUT2D eigenvalue weighted by Crippen LogP contribution is 2.41. The maximum absolute atomic E-state index is 6.08. The number of benzene rings is 1. The van der Waals surface area contributed by atoms with Crippen molar-refractivity contribution in [2.75, 3.05) is 6.54 Å². The van der Waals surface area contributed by atoms with Gasteiger partial charge in [0, 0.05) is 11.7 Å². The molecule has 2 atom stereocenters. The van der Waals surface area contributed by atoms with Gasteiger partial charge in [0.25, 0.3) is 0 Å². The number of rotatable bonds is 5. The molecule has 1 fully saturated rings. The average molecular weight is 286 g/mol. The second-order valence-electron chi connectivity index (χ2n) is 6.92. The van der Waals surface area contributed by atoms with E-state index in [4.69, 9.17) is 5.73 Å². The molecule has 0 bridgehead atoms. The first-order valence-corrected chi connectivity index (χ1v) is 8.24. The van der Waals surface area contributed by atoms with Gasteiger partial charge in [-0.1, -0.05) is 50.6 Å². The molecule has 1 aliphatic rings. The second kappa shape index (κ2) is 7.13. The van der Waals surface area contributed by atoms with Crippen LogP contribution in [0.2, 0.25) is 0 Å². The molecule has 0 heterocycles. The molecular formula is C19H30N2. The van der Waals surface area contributed by atoms with Gasteiger partial charge in [-0.15, -0.1) is 0 Å². The topological polar surface area (TPSA) is 38.0 Å². The van der Waals surface area contributed by atoms with Crippen LogP contribution in [0, 0.1) is 5.41 Å². The van der Waals surface area contributed by atoms with Crippen LogP contribution in [0.25, 0.3) is 0 Å². The summed E-state index contributed by atoms with van der Waals surface area (Å²) in [7, 11) is 0. The van der Waals surface area contributed by atoms with E-state index in [-0.39, 0.29) is 0 Å². The molecule has 1 aromatic rings. The van der Waals surface area contributed by atoms with Gasteiger partial charge < -0.3 is 11.1 Å². The van der Waals surface area contributed by atoms with E-state index >= 15 is 0 Å². The lowest BCUT2D eigenvalue weighted by atomic mass is 9.69. The van der Waals surface area contributed by atoms with Gasteiger partial charge >= 0.3 is 0 Å². The minimum Gasteiger partial charge on any atom is -0.402 e. The molecule has 21 heavy (non-hydrogen) atoms. The highest BCUT2D eigenvalue weighted by molar-refractivity contribution is 5.17. The Hall–Kier alpha value is -1.28. The molecule has 0 aromatic heterocycles. The Kier molecular flexibility index (Phi) is 5.46. The summed E-state index contributed by atoms with van der Waals surface area (Å²) in [5, 5.41) is 3.75. The number of nitrogens with two attached hydrogens (primary N) is 1. The molecule has 1 saturated carbocycles. The van der Waals surface area contributed by atoms with Crippen LogP contribution in [-0.4, -0.2) is 12.6 Å². The minimum absolute atomic E-state index is 0.401. The molecule has 2 heteroatoms. The lowest BCUT2D eigenvalue weighted by Gasteiger charge is -2.40. The first-order chi connectivity index (χ1) is 10.0. The summed E-state index contributed by atoms with van der Waals surface area (Å²) in [6.07, 6.45) is 5.87. The van der Waals surface area contributed by atoms with Crippen LogP contribution in [0.4, 0.5) is 0 Å². The van der Waals surface area contributed by atoms with Crippen molar-refractivity contribution < 1.29 is 0 Å². The van der Waals surface area contributed by atoms with Crippen molar-refractivity contribution in [2.24, 2.45) is 11.1 Å². The number of hydrogen-bond donors (Lipinski definition) is 2. The summed E-state index contributed by atoms with van der Waals surface area (Å²) in [6.45, 7) is 7.81. The Morgan fingerprint density at radius 3 is 2.67 bits per heavy atom. The largest absolute Gasteiger partial charge is 0.402 e. The predicted molar refractivity (Wildman–Crippen MR) is 91.1 cm³/mol. The van der Waals surface area contributed by atoms with Crippen molar-refractivity contribution >= 4 is 0 Å². The number of hydrogen-bond acceptors (Lipinski definition) is 2. The van der Waals surface area contributed by atoms with Crippen molar-refractivity contribution in [2.45, 2.75) is 58.9 Å². The van der Waals surface area contributed by atoms with Crippen LogP contribution in [0.15, 0.2) is 41.6 Å². The maximum Gasteiger partial charge on any atom is 0.0110 e. The number of nitrogens with one attached hydrogen (secondary N) is 1. The van der Waals surface area contributed by atoms with Crippen LogP contribution < -0.4 is 11.1 Å². The molecule has 2 nitrogen and oxygen atoms in total. The molecule has 2 unspecified atom stereocenters. The lowest BCUT2D eigenvalue weighted by molar-refractivity contribution is 0.206. The van der Waals surface area contributed by atoms with E-state index < -0.39 is 0 Å². The molecule has 3 N–H and O–H groups in total. The normalized spacial score (nSPS) is 28.4. The smallest absolute Gasteiger partial charge is 0.0110 e. The Bertz CT molecular complexity index is 474. The Labute approximate surface area is 129 Å². The van der Waals surface area contributed by atoms with E-state index in [1.54, 1.807) is 0 Å². The third kappa shape index (κ3) is 4.60. The summed E-state index contributed by atoms with van der Waals surface area (Å²) >= 11 is 0. The molecule has 0 saturated heterocycles. The van der Waals surface area contributed by atoms with Crippen LogP contribution in [-0.2, 0) is 6.42 Å². The molecule has 2 rings (SSSR count). The molecule has 0 radical (unpaired) electrons. The van der Waals surface area contributed by atoms with Gasteiger partial charge in [-0.2, -0.15) is 0 Å². The zero-order valence-electron chi connectivity index (χ0n) is 13.8. The molecule has 116 valence electrons. The van der Waals surface area contributed by atoms with Crippen molar-refractivity contribution in [3.63, 3.8) is 0 Å². The summed E-state index contributed by atoms with van der Waals surface area (Å²) in [6, 6.07) is 11.3. The Balaban J connectivity index is 1.91. The fraction of sp³-hybridized carbons (Fsp3) is 0.579. The van der Waals surface area contributed by atoms with E-state index in [1.165, 1.54) is 30.4 Å². The van der Waals surface area contributed by atoms with Gasteiger partial charge in [0.1, 0.15) is 0 Å². The third-order valence-corrected chi connectivity index (χ3v) is 4.97. The second-order valence-corrected chi connectivity index (χ2v) is 6.92. The summed E-state index contributed by atoms with van der Waals surface area (Å²) in [4.78, 5) is 0. The molecule has 0 amide bonds. The highest BCUT2D eigenvalue weighted by Gasteiger charge is 2.33. The molecule has 0 aliphatic heterocycles. The molecule has 1 aromatic carbocycles. The summed E-state index contributed by atoms with van der Waals surface area (Å²) < 4.78 is 0. The summed E-state index contributed by atoms with van der Waals surface area (Å²) in [5.41, 5.74) is 10.4. The zero-order chi connectivity index (χ0) is 15.3. The van der Waals surface area contributed by atoms with Gasteiger partial charge in [-0.3, -0.25) is 0 Å². The SMILES string of the molecule is CCC1(C)C/C(=C(\C)N)CC(NCCc2ccccc2)C1. The molecular weight excluding hydrogens is 256 g/mol. The minimum atomic E-state index is 0.401. The van der Waals surface area contributed by atoms with Crippen molar-refractivity contribution in [3.8, 4) is 0 Å². The first kappa shape index (κ1) is 16.1. The lowest BCUT2D eigenvalue weighted by Crippen LogP contribution is -2.40. The van der Waals surface area contributed by atoms with E-state index in [0.717, 1.165) is 25.1 Å². The first-order valence-electron chi connectivity index (χ1n) is 8.24. The Morgan fingerprint density at radius 1 is 1.33 bits per heavy atom. The Morgan fingerprint density at radius 2 is 2.05 bits per heavy atom. The van der Waals surface area contributed by atoms with Gasteiger partial charge in [0.2, 0.25) is 0 Å². The molecule has 0 spiro atoms. The van der Waals surface area contributed by atoms with E-state index in [2.05, 4.69) is 56.4 Å². The van der Waals surface area contributed by atoms with Gasteiger partial charge in [0.05, 0.1) is 0 Å². The van der Waals surface area contributed by atoms with E-state index in [9.17, 15) is 0 Å². The maximum atomic E-state index is 6.08. The zero-order valence-corrected chi connectivity index (χ0v) is 13.8. The van der Waals surface area contributed by atoms with Gasteiger partial charge in [-0.05, 0) is 55.7 Å². The average Bonchev–Trinajstić information content (AvgIpc) is 2.48. The van der Waals surface area contributed by atoms with Gasteiger partial charge in [-0.25, -0.2) is 0 Å². The number of allylic oxidation sites excluding steroid dienone is 1. The quantitative estimate of drug-likeness (QED) is 0.858. The van der Waals surface area contributed by atoms with E-state index in [1.807, 2.05) is 0 Å². The van der Waals surface area contributed by atoms with E-state index in [0.29, 0.717) is 11.5 Å². The summed E-state index contributed by atoms with van der Waals surface area (Å²) in [5.74, 6) is 0. The van der Waals surface area contributed by atoms with Crippen LogP contribution in [0.1, 0.15) is 52.0 Å². The highest BCUT2D eigenvalue weighted by atomic mass is 14.9. The fourth-order valence-electron chi connectivity index (χ4n) is 3.40. The molecule has 1 aliphatic carbocycles. The third-order valence-electron chi connectivity index (χ3n) is 4.97. The fourth-order valence-corrected chi connectivity index (χ4v) is 3.40. The monoisotopic (exact) mass is 286 g/mol. The van der Waals surface area contributed by atoms with Crippen molar-refractivity contribution in [3.05, 3.63) is 47.2 Å². The van der Waals surface area contributed by atoms with Crippen LogP contribution >= 0.6 is 0 Å². The predicted octanol–water partition coefficient (Wildman–Crippen LogP) is 4.02. The van der Waals surface area contributed by atoms with Crippen molar-refractivity contribution in [1.82, 2.24) is 5.32 Å². The standard InChI is InChI=1S/C19H30N2/c1-4-19(3)13-17(15(2)20)12-18(14-19)21-11-10-16-8-6-5-7-9-16/h5-9,18,21H,4,10-14,20H2,1-3H3/b17-15+.